The summed E-state index contributed by atoms with van der Waals surface area (Å²) in [4.78, 5) is 20.2. The van der Waals surface area contributed by atoms with Crippen molar-refractivity contribution in [3.8, 4) is 0 Å². The number of Topliss-reactive ketones (excluding diaryl/α,β-unsaturated/α-hetero) is 1. The summed E-state index contributed by atoms with van der Waals surface area (Å²) in [6.07, 6.45) is 3.37. The number of nitrogens with one attached hydrogen (secondary N) is 1. The van der Waals surface area contributed by atoms with E-state index in [9.17, 15) is 9.18 Å². The molecule has 5 heteroatoms. The predicted octanol–water partition coefficient (Wildman–Crippen LogP) is 2.06. The first-order chi connectivity index (χ1) is 10.6. The van der Waals surface area contributed by atoms with Crippen LogP contribution in [0, 0.1) is 6.92 Å². The third-order valence-corrected chi connectivity index (χ3v) is 3.96. The second kappa shape index (κ2) is 6.32. The number of nitrogens with zero attached hydrogens (tertiary/aromatic N) is 2. The Morgan fingerprint density at radius 2 is 1.86 bits per heavy atom. The van der Waals surface area contributed by atoms with Crippen LogP contribution in [-0.2, 0) is 12.8 Å². The lowest BCUT2D eigenvalue weighted by atomic mass is 9.95. The van der Waals surface area contributed by atoms with Crippen molar-refractivity contribution < 1.29 is 9.18 Å². The second-order valence-electron chi connectivity index (χ2n) is 5.67. The van der Waals surface area contributed by atoms with Crippen LogP contribution in [-0.4, -0.2) is 34.5 Å². The number of rotatable bonds is 5. The highest BCUT2D eigenvalue weighted by atomic mass is 19.1. The fourth-order valence-corrected chi connectivity index (χ4v) is 2.44. The summed E-state index contributed by atoms with van der Waals surface area (Å²) in [6, 6.07) is 7.70. The number of alkyl halides is 1. The van der Waals surface area contributed by atoms with Crippen LogP contribution in [0.1, 0.15) is 27.3 Å². The summed E-state index contributed by atoms with van der Waals surface area (Å²) in [5.41, 5.74) is 2.54. The van der Waals surface area contributed by atoms with Gasteiger partial charge in [-0.1, -0.05) is 24.3 Å². The van der Waals surface area contributed by atoms with E-state index >= 15 is 0 Å². The van der Waals surface area contributed by atoms with E-state index in [0.717, 1.165) is 11.1 Å². The quantitative estimate of drug-likeness (QED) is 0.859. The molecule has 2 heterocycles. The number of halogens is 1. The zero-order valence-corrected chi connectivity index (χ0v) is 12.4. The average molecular weight is 299 g/mol. The maximum absolute atomic E-state index is 13.2. The molecular weight excluding hydrogens is 281 g/mol. The highest BCUT2D eigenvalue weighted by Gasteiger charge is 2.29. The summed E-state index contributed by atoms with van der Waals surface area (Å²) in [6.45, 7) is 2.24. The maximum atomic E-state index is 13.2. The molecular formula is C17H18FN3O. The van der Waals surface area contributed by atoms with Gasteiger partial charge in [0.15, 0.2) is 5.78 Å². The summed E-state index contributed by atoms with van der Waals surface area (Å²) in [7, 11) is 0. The van der Waals surface area contributed by atoms with Crippen molar-refractivity contribution >= 4 is 5.78 Å². The molecule has 1 aromatic carbocycles. The molecule has 4 nitrogen and oxygen atoms in total. The SMILES string of the molecule is Cc1ncc(C(=O)Cc2ccc(C[C@@H]3NC[C@@H]3F)cc2)cn1. The minimum absolute atomic E-state index is 0.00256. The monoisotopic (exact) mass is 299 g/mol. The number of ketones is 1. The van der Waals surface area contributed by atoms with Crippen LogP contribution >= 0.6 is 0 Å². The molecule has 0 radical (unpaired) electrons. The van der Waals surface area contributed by atoms with Gasteiger partial charge in [-0.2, -0.15) is 0 Å². The minimum Gasteiger partial charge on any atom is -0.308 e. The molecule has 0 unspecified atom stereocenters. The Morgan fingerprint density at radius 3 is 2.41 bits per heavy atom. The molecule has 22 heavy (non-hydrogen) atoms. The Hall–Kier alpha value is -2.14. The molecule has 114 valence electrons. The van der Waals surface area contributed by atoms with Gasteiger partial charge in [-0.25, -0.2) is 14.4 Å². The first-order valence-electron chi connectivity index (χ1n) is 7.39. The van der Waals surface area contributed by atoms with E-state index in [0.29, 0.717) is 30.8 Å². The second-order valence-corrected chi connectivity index (χ2v) is 5.67. The zero-order valence-electron chi connectivity index (χ0n) is 12.4. The summed E-state index contributed by atoms with van der Waals surface area (Å²) in [5.74, 6) is 0.647. The lowest BCUT2D eigenvalue weighted by molar-refractivity contribution is 0.0992. The van der Waals surface area contributed by atoms with E-state index < -0.39 is 6.17 Å². The van der Waals surface area contributed by atoms with Crippen molar-refractivity contribution in [2.24, 2.45) is 0 Å². The topological polar surface area (TPSA) is 54.9 Å². The molecule has 0 saturated carbocycles. The van der Waals surface area contributed by atoms with Gasteiger partial charge in [-0.3, -0.25) is 4.79 Å². The largest absolute Gasteiger partial charge is 0.308 e. The zero-order chi connectivity index (χ0) is 15.5. The van der Waals surface area contributed by atoms with Crippen molar-refractivity contribution in [1.29, 1.82) is 0 Å². The molecule has 0 spiro atoms. The van der Waals surface area contributed by atoms with Gasteiger partial charge in [-0.15, -0.1) is 0 Å². The lowest BCUT2D eigenvalue weighted by Crippen LogP contribution is -2.55. The van der Waals surface area contributed by atoms with E-state index in [-0.39, 0.29) is 11.8 Å². The number of hydrogen-bond donors (Lipinski definition) is 1. The first-order valence-corrected chi connectivity index (χ1v) is 7.39. The van der Waals surface area contributed by atoms with Gasteiger partial charge in [0, 0.05) is 31.4 Å². The average Bonchev–Trinajstić information content (AvgIpc) is 2.53. The van der Waals surface area contributed by atoms with Gasteiger partial charge in [-0.05, 0) is 24.5 Å². The van der Waals surface area contributed by atoms with Gasteiger partial charge < -0.3 is 5.32 Å². The van der Waals surface area contributed by atoms with E-state index in [1.54, 1.807) is 19.3 Å². The van der Waals surface area contributed by atoms with Crippen LogP contribution in [0.4, 0.5) is 4.39 Å². The van der Waals surface area contributed by atoms with Crippen LogP contribution in [0.2, 0.25) is 0 Å². The van der Waals surface area contributed by atoms with Crippen molar-refractivity contribution in [3.63, 3.8) is 0 Å². The third kappa shape index (κ3) is 3.36. The number of aryl methyl sites for hydroxylation is 1. The normalized spacial score (nSPS) is 20.5. The van der Waals surface area contributed by atoms with Crippen LogP contribution < -0.4 is 5.32 Å². The molecule has 2 aromatic rings. The number of carbonyl (C=O) groups excluding carboxylic acids is 1. The van der Waals surface area contributed by atoms with E-state index in [1.807, 2.05) is 24.3 Å². The maximum Gasteiger partial charge on any atom is 0.170 e. The Balaban J connectivity index is 1.60. The minimum atomic E-state index is -0.747. The molecule has 0 aliphatic carbocycles. The van der Waals surface area contributed by atoms with Crippen LogP contribution in [0.25, 0.3) is 0 Å². The summed E-state index contributed by atoms with van der Waals surface area (Å²) < 4.78 is 13.2. The molecule has 1 fully saturated rings. The molecule has 0 bridgehead atoms. The first kappa shape index (κ1) is 14.8. The molecule has 3 rings (SSSR count). The number of carbonyl (C=O) groups is 1. The fraction of sp³-hybridized carbons (Fsp3) is 0.353. The van der Waals surface area contributed by atoms with Crippen molar-refractivity contribution in [1.82, 2.24) is 15.3 Å². The highest BCUT2D eigenvalue weighted by molar-refractivity contribution is 5.96. The number of benzene rings is 1. The van der Waals surface area contributed by atoms with Gasteiger partial charge in [0.25, 0.3) is 0 Å². The van der Waals surface area contributed by atoms with E-state index in [4.69, 9.17) is 0 Å². The summed E-state index contributed by atoms with van der Waals surface area (Å²) >= 11 is 0. The van der Waals surface area contributed by atoms with Gasteiger partial charge in [0.1, 0.15) is 12.0 Å². The Morgan fingerprint density at radius 1 is 1.23 bits per heavy atom. The Bertz CT molecular complexity index is 655. The van der Waals surface area contributed by atoms with Crippen LogP contribution in [0.5, 0.6) is 0 Å². The third-order valence-electron chi connectivity index (χ3n) is 3.96. The van der Waals surface area contributed by atoms with Gasteiger partial charge in [0.05, 0.1) is 5.56 Å². The fourth-order valence-electron chi connectivity index (χ4n) is 2.44. The number of hydrogen-bond acceptors (Lipinski definition) is 4. The molecule has 1 aliphatic rings. The van der Waals surface area contributed by atoms with E-state index in [1.165, 1.54) is 0 Å². The Labute approximate surface area is 128 Å². The molecule has 2 atom stereocenters. The molecule has 1 aromatic heterocycles. The van der Waals surface area contributed by atoms with Crippen LogP contribution in [0.15, 0.2) is 36.7 Å². The standard InChI is InChI=1S/C17H18FN3O/c1-11-19-8-14(9-20-11)17(22)7-13-4-2-12(3-5-13)6-16-15(18)10-21-16/h2-5,8-9,15-16,21H,6-7,10H2,1H3/t15-,16-/m0/s1. The molecule has 0 amide bonds. The van der Waals surface area contributed by atoms with Crippen molar-refractivity contribution in [2.45, 2.75) is 32.0 Å². The van der Waals surface area contributed by atoms with Crippen molar-refractivity contribution in [2.75, 3.05) is 6.54 Å². The Kier molecular flexibility index (Phi) is 4.24. The highest BCUT2D eigenvalue weighted by Crippen LogP contribution is 2.16. The van der Waals surface area contributed by atoms with Crippen LogP contribution in [0.3, 0.4) is 0 Å². The predicted molar refractivity (Wildman–Crippen MR) is 81.6 cm³/mol. The summed E-state index contributed by atoms with van der Waals surface area (Å²) in [5, 5.41) is 3.07. The van der Waals surface area contributed by atoms with E-state index in [2.05, 4.69) is 15.3 Å². The van der Waals surface area contributed by atoms with Crippen molar-refractivity contribution in [3.05, 3.63) is 59.2 Å². The van der Waals surface area contributed by atoms with Gasteiger partial charge in [0.2, 0.25) is 0 Å². The molecule has 1 N–H and O–H groups in total. The lowest BCUT2D eigenvalue weighted by Gasteiger charge is -2.32. The number of aromatic nitrogens is 2. The molecule has 1 aliphatic heterocycles. The molecule has 1 saturated heterocycles. The van der Waals surface area contributed by atoms with Gasteiger partial charge >= 0.3 is 0 Å². The smallest absolute Gasteiger partial charge is 0.170 e.